The van der Waals surface area contributed by atoms with Crippen molar-refractivity contribution in [1.82, 2.24) is 15.2 Å². The lowest BCUT2D eigenvalue weighted by Crippen LogP contribution is -2.47. The number of fused-ring (bicyclic) bond motifs is 1. The molecule has 2 aromatic rings. The van der Waals surface area contributed by atoms with Crippen molar-refractivity contribution in [2.75, 3.05) is 13.1 Å². The highest BCUT2D eigenvalue weighted by atomic mass is 32.1. The summed E-state index contributed by atoms with van der Waals surface area (Å²) in [5.41, 5.74) is 6.25. The Bertz CT molecular complexity index is 975. The number of hydrogen-bond acceptors (Lipinski definition) is 7. The number of nitrogens with one attached hydrogen (secondary N) is 1. The molecular weight excluding hydrogens is 453 g/mol. The zero-order chi connectivity index (χ0) is 24.1. The Morgan fingerprint density at radius 2 is 1.94 bits per heavy atom. The van der Waals surface area contributed by atoms with Gasteiger partial charge in [-0.15, -0.1) is 11.3 Å². The van der Waals surface area contributed by atoms with E-state index in [0.29, 0.717) is 18.0 Å². The lowest BCUT2D eigenvalue weighted by Gasteiger charge is -2.23. The molecule has 3 rings (SSSR count). The average molecular weight is 474 g/mol. The second-order valence-electron chi connectivity index (χ2n) is 6.91. The highest BCUT2D eigenvalue weighted by Crippen LogP contribution is 2.27. The van der Waals surface area contributed by atoms with Gasteiger partial charge in [0.25, 0.3) is 0 Å². The van der Waals surface area contributed by atoms with Gasteiger partial charge in [-0.2, -0.15) is 13.2 Å². The summed E-state index contributed by atoms with van der Waals surface area (Å²) in [6.45, 7) is 1.91. The molecule has 1 aromatic carbocycles. The highest BCUT2D eigenvalue weighted by Gasteiger charge is 2.38. The van der Waals surface area contributed by atoms with Crippen molar-refractivity contribution in [3.05, 3.63) is 29.3 Å². The average Bonchev–Trinajstić information content (AvgIpc) is 3.37. The number of carbonyl (C=O) groups is 4. The summed E-state index contributed by atoms with van der Waals surface area (Å²) in [6.07, 6.45) is -3.71. The molecular formula is C19H21F3N4O5S. The number of aliphatic carboxylic acids is 1. The first-order valence-corrected chi connectivity index (χ1v) is 10.3. The molecule has 0 radical (unpaired) electrons. The molecule has 1 aliphatic rings. The molecule has 0 unspecified atom stereocenters. The Labute approximate surface area is 184 Å². The van der Waals surface area contributed by atoms with Crippen LogP contribution in [0, 0.1) is 0 Å². The molecule has 4 N–H and O–H groups in total. The molecule has 32 heavy (non-hydrogen) atoms. The molecule has 9 nitrogen and oxygen atoms in total. The molecule has 1 fully saturated rings. The normalized spacial score (nSPS) is 16.8. The molecule has 0 bridgehead atoms. The van der Waals surface area contributed by atoms with Crippen molar-refractivity contribution in [3.63, 3.8) is 0 Å². The largest absolute Gasteiger partial charge is 0.490 e. The van der Waals surface area contributed by atoms with Gasteiger partial charge >= 0.3 is 12.1 Å². The summed E-state index contributed by atoms with van der Waals surface area (Å²) in [6, 6.07) is 6.38. The number of benzene rings is 1. The SMILES string of the molecule is C[C@H](N)C(=O)NCC(=O)N1CCC[C@H]1C(=O)c1nc2ccccc2s1.O=C(O)C(F)(F)F. The predicted molar refractivity (Wildman–Crippen MR) is 109 cm³/mol. The minimum atomic E-state index is -5.08. The number of carboxylic acids is 1. The molecule has 174 valence electrons. The van der Waals surface area contributed by atoms with Gasteiger partial charge in [0.1, 0.15) is 0 Å². The summed E-state index contributed by atoms with van der Waals surface area (Å²) in [7, 11) is 0. The third-order valence-corrected chi connectivity index (χ3v) is 5.50. The van der Waals surface area contributed by atoms with Gasteiger partial charge in [0.05, 0.1) is 28.8 Å². The van der Waals surface area contributed by atoms with Crippen LogP contribution in [0.5, 0.6) is 0 Å². The molecule has 13 heteroatoms. The third kappa shape index (κ3) is 6.47. The maximum absolute atomic E-state index is 12.8. The van der Waals surface area contributed by atoms with E-state index < -0.39 is 24.2 Å². The van der Waals surface area contributed by atoms with Gasteiger partial charge in [0.2, 0.25) is 17.6 Å². The number of carbonyl (C=O) groups excluding carboxylic acids is 3. The Hall–Kier alpha value is -3.06. The number of likely N-dealkylation sites (tertiary alicyclic amines) is 1. The van der Waals surface area contributed by atoms with Crippen LogP contribution in [0.3, 0.4) is 0 Å². The predicted octanol–water partition coefficient (Wildman–Crippen LogP) is 1.57. The van der Waals surface area contributed by atoms with E-state index in [1.807, 2.05) is 24.3 Å². The maximum atomic E-state index is 12.8. The van der Waals surface area contributed by atoms with Crippen LogP contribution in [0.25, 0.3) is 10.2 Å². The van der Waals surface area contributed by atoms with E-state index in [0.717, 1.165) is 16.6 Å². The number of thiazole rings is 1. The number of amides is 2. The maximum Gasteiger partial charge on any atom is 0.490 e. The molecule has 0 spiro atoms. The zero-order valence-corrected chi connectivity index (χ0v) is 17.7. The van der Waals surface area contributed by atoms with Gasteiger partial charge < -0.3 is 21.1 Å². The molecule has 1 saturated heterocycles. The van der Waals surface area contributed by atoms with Gasteiger partial charge in [0, 0.05) is 6.54 Å². The number of nitrogens with two attached hydrogens (primary N) is 1. The van der Waals surface area contributed by atoms with Crippen molar-refractivity contribution in [2.45, 2.75) is 38.0 Å². The van der Waals surface area contributed by atoms with Crippen molar-refractivity contribution < 1.29 is 37.5 Å². The standard InChI is InChI=1S/C17H20N4O3S.C2HF3O2/c1-10(18)16(24)19-9-14(22)21-8-4-6-12(21)15(23)17-20-11-5-2-3-7-13(11)25-17;3-2(4,5)1(6)7/h2-3,5,7,10,12H,4,6,8-9,18H2,1H3,(H,19,24);(H,6,7)/t10-,12-;/m0./s1. The molecule has 2 atom stereocenters. The van der Waals surface area contributed by atoms with Crippen LogP contribution < -0.4 is 11.1 Å². The Morgan fingerprint density at radius 3 is 2.50 bits per heavy atom. The van der Waals surface area contributed by atoms with Gasteiger partial charge in [-0.1, -0.05) is 12.1 Å². The molecule has 0 saturated carbocycles. The van der Waals surface area contributed by atoms with Crippen LogP contribution in [-0.2, 0) is 14.4 Å². The monoisotopic (exact) mass is 474 g/mol. The van der Waals surface area contributed by atoms with Crippen LogP contribution >= 0.6 is 11.3 Å². The Kier molecular flexibility index (Phi) is 8.27. The second kappa shape index (κ2) is 10.5. The molecule has 0 aliphatic carbocycles. The summed E-state index contributed by atoms with van der Waals surface area (Å²) in [5, 5.41) is 10.0. The quantitative estimate of drug-likeness (QED) is 0.558. The lowest BCUT2D eigenvalue weighted by molar-refractivity contribution is -0.192. The van der Waals surface area contributed by atoms with Crippen molar-refractivity contribution in [3.8, 4) is 0 Å². The van der Waals surface area contributed by atoms with E-state index in [1.54, 1.807) is 6.92 Å². The van der Waals surface area contributed by atoms with E-state index in [2.05, 4.69) is 10.3 Å². The summed E-state index contributed by atoms with van der Waals surface area (Å²) in [4.78, 5) is 51.6. The van der Waals surface area contributed by atoms with Gasteiger partial charge in [0.15, 0.2) is 5.01 Å². The first-order valence-electron chi connectivity index (χ1n) is 9.44. The van der Waals surface area contributed by atoms with Crippen LogP contribution in [-0.4, -0.2) is 69.9 Å². The molecule has 2 heterocycles. The van der Waals surface area contributed by atoms with Crippen LogP contribution in [0.15, 0.2) is 24.3 Å². The Balaban J connectivity index is 0.000000451. The van der Waals surface area contributed by atoms with E-state index >= 15 is 0 Å². The number of halogens is 3. The fourth-order valence-corrected chi connectivity index (χ4v) is 3.84. The highest BCUT2D eigenvalue weighted by molar-refractivity contribution is 7.20. The summed E-state index contributed by atoms with van der Waals surface area (Å²) >= 11 is 1.34. The smallest absolute Gasteiger partial charge is 0.475 e. The van der Waals surface area contributed by atoms with Crippen LogP contribution in [0.2, 0.25) is 0 Å². The van der Waals surface area contributed by atoms with Gasteiger partial charge in [-0.3, -0.25) is 14.4 Å². The number of alkyl halides is 3. The van der Waals surface area contributed by atoms with E-state index in [1.165, 1.54) is 16.2 Å². The van der Waals surface area contributed by atoms with E-state index in [-0.39, 0.29) is 24.1 Å². The van der Waals surface area contributed by atoms with Gasteiger partial charge in [-0.05, 0) is 31.9 Å². The first-order chi connectivity index (χ1) is 14.9. The number of carboxylic acid groups (broad SMARTS) is 1. The number of nitrogens with zero attached hydrogens (tertiary/aromatic N) is 2. The molecule has 1 aromatic heterocycles. The van der Waals surface area contributed by atoms with E-state index in [9.17, 15) is 27.6 Å². The topological polar surface area (TPSA) is 143 Å². The molecule has 2 amide bonds. The second-order valence-corrected chi connectivity index (χ2v) is 7.94. The van der Waals surface area contributed by atoms with Crippen molar-refractivity contribution in [2.24, 2.45) is 5.73 Å². The van der Waals surface area contributed by atoms with Crippen molar-refractivity contribution in [1.29, 1.82) is 0 Å². The van der Waals surface area contributed by atoms with E-state index in [4.69, 9.17) is 15.6 Å². The number of rotatable bonds is 5. The number of ketones is 1. The third-order valence-electron chi connectivity index (χ3n) is 4.45. The number of para-hydroxylation sites is 1. The van der Waals surface area contributed by atoms with Gasteiger partial charge in [-0.25, -0.2) is 9.78 Å². The lowest BCUT2D eigenvalue weighted by atomic mass is 10.1. The first kappa shape index (κ1) is 25.2. The molecule has 1 aliphatic heterocycles. The number of aromatic nitrogens is 1. The fourth-order valence-electron chi connectivity index (χ4n) is 2.88. The van der Waals surface area contributed by atoms with Crippen LogP contribution in [0.1, 0.15) is 29.6 Å². The van der Waals surface area contributed by atoms with Crippen LogP contribution in [0.4, 0.5) is 13.2 Å². The number of Topliss-reactive ketones (excluding diaryl/α,β-unsaturated/α-hetero) is 1. The fraction of sp³-hybridized carbons (Fsp3) is 0.421. The summed E-state index contributed by atoms with van der Waals surface area (Å²) in [5.74, 6) is -3.55. The number of hydrogen-bond donors (Lipinski definition) is 3. The Morgan fingerprint density at radius 1 is 1.31 bits per heavy atom. The minimum Gasteiger partial charge on any atom is -0.475 e. The summed E-state index contributed by atoms with van der Waals surface area (Å²) < 4.78 is 32.7. The zero-order valence-electron chi connectivity index (χ0n) is 16.9. The van der Waals surface area contributed by atoms with Crippen molar-refractivity contribution >= 4 is 45.1 Å². The minimum absolute atomic E-state index is 0.134.